The maximum absolute atomic E-state index is 12.1. The van der Waals surface area contributed by atoms with Crippen molar-refractivity contribution in [3.63, 3.8) is 0 Å². The number of aromatic hydroxyl groups is 1. The lowest BCUT2D eigenvalue weighted by Crippen LogP contribution is -2.17. The number of nitrogens with one attached hydrogen (secondary N) is 1. The van der Waals surface area contributed by atoms with E-state index in [0.717, 1.165) is 18.2 Å². The molecule has 0 aliphatic rings. The molecule has 5 nitrogen and oxygen atoms in total. The van der Waals surface area contributed by atoms with Crippen LogP contribution in [-0.2, 0) is 0 Å². The molecule has 100 valence electrons. The minimum atomic E-state index is -4.81. The van der Waals surface area contributed by atoms with Gasteiger partial charge in [0.05, 0.1) is 6.07 Å². The van der Waals surface area contributed by atoms with Crippen LogP contribution in [0.1, 0.15) is 0 Å². The average Bonchev–Trinajstić information content (AvgIpc) is 2.25. The molecule has 0 amide bonds. The van der Waals surface area contributed by atoms with E-state index < -0.39 is 23.6 Å². The van der Waals surface area contributed by atoms with E-state index in [2.05, 4.69) is 14.7 Å². The van der Waals surface area contributed by atoms with E-state index >= 15 is 0 Å². The molecule has 0 saturated carbocycles. The van der Waals surface area contributed by atoms with Crippen molar-refractivity contribution in [2.75, 3.05) is 0 Å². The topological polar surface area (TPSA) is 75.2 Å². The van der Waals surface area contributed by atoms with E-state index in [9.17, 15) is 18.0 Å². The van der Waals surface area contributed by atoms with E-state index in [1.54, 1.807) is 0 Å². The second-order valence-corrected chi connectivity index (χ2v) is 3.53. The van der Waals surface area contributed by atoms with Crippen molar-refractivity contribution >= 4 is 0 Å². The summed E-state index contributed by atoms with van der Waals surface area (Å²) in [6, 6.07) is 5.73. The molecule has 19 heavy (non-hydrogen) atoms. The molecule has 2 aromatic rings. The Kier molecular flexibility index (Phi) is 3.16. The zero-order valence-electron chi connectivity index (χ0n) is 9.23. The lowest BCUT2D eigenvalue weighted by Gasteiger charge is -2.09. The Morgan fingerprint density at radius 3 is 2.63 bits per heavy atom. The summed E-state index contributed by atoms with van der Waals surface area (Å²) >= 11 is 0. The van der Waals surface area contributed by atoms with Crippen LogP contribution in [0.3, 0.4) is 0 Å². The highest BCUT2D eigenvalue weighted by molar-refractivity contribution is 5.57. The molecule has 8 heteroatoms. The predicted molar refractivity (Wildman–Crippen MR) is 58.6 cm³/mol. The number of hydrogen-bond acceptors (Lipinski definition) is 4. The van der Waals surface area contributed by atoms with Crippen LogP contribution in [0.5, 0.6) is 11.6 Å². The van der Waals surface area contributed by atoms with Gasteiger partial charge in [-0.15, -0.1) is 13.2 Å². The maximum Gasteiger partial charge on any atom is 0.573 e. The van der Waals surface area contributed by atoms with Gasteiger partial charge in [0.15, 0.2) is 0 Å². The Bertz CT molecular complexity index is 652. The van der Waals surface area contributed by atoms with E-state index in [1.807, 2.05) is 0 Å². The van der Waals surface area contributed by atoms with Crippen LogP contribution < -0.4 is 10.3 Å². The number of hydrogen-bond donors (Lipinski definition) is 2. The zero-order chi connectivity index (χ0) is 14.0. The van der Waals surface area contributed by atoms with Crippen molar-refractivity contribution in [1.29, 1.82) is 0 Å². The average molecular weight is 272 g/mol. The Balaban J connectivity index is 2.40. The van der Waals surface area contributed by atoms with E-state index in [4.69, 9.17) is 5.11 Å². The quantitative estimate of drug-likeness (QED) is 0.877. The molecule has 0 fully saturated rings. The maximum atomic E-state index is 12.1. The molecule has 0 atom stereocenters. The summed E-state index contributed by atoms with van der Waals surface area (Å²) in [5.74, 6) is -1.03. The molecule has 0 aliphatic heterocycles. The standard InChI is InChI=1S/C11H7F3N2O3/c12-11(13,14)19-7-3-1-2-6(4-7)10-15-8(17)5-9(18)16-10/h1-5H,(H2,15,16,17,18). The highest BCUT2D eigenvalue weighted by Crippen LogP contribution is 2.26. The fourth-order valence-corrected chi connectivity index (χ4v) is 1.42. The first kappa shape index (κ1) is 12.9. The second-order valence-electron chi connectivity index (χ2n) is 3.53. The predicted octanol–water partition coefficient (Wildman–Crippen LogP) is 2.04. The first-order chi connectivity index (χ1) is 8.83. The van der Waals surface area contributed by atoms with Crippen LogP contribution >= 0.6 is 0 Å². The number of rotatable bonds is 2. The number of H-pyrrole nitrogens is 1. The van der Waals surface area contributed by atoms with Crippen LogP contribution in [0.2, 0.25) is 0 Å². The van der Waals surface area contributed by atoms with Gasteiger partial charge in [-0.1, -0.05) is 12.1 Å². The Morgan fingerprint density at radius 1 is 1.26 bits per heavy atom. The zero-order valence-corrected chi connectivity index (χ0v) is 9.23. The van der Waals surface area contributed by atoms with Crippen LogP contribution in [0.4, 0.5) is 13.2 Å². The van der Waals surface area contributed by atoms with Crippen molar-refractivity contribution in [3.05, 3.63) is 40.7 Å². The van der Waals surface area contributed by atoms with Gasteiger partial charge in [0.1, 0.15) is 11.6 Å². The van der Waals surface area contributed by atoms with Gasteiger partial charge in [-0.25, -0.2) is 0 Å². The summed E-state index contributed by atoms with van der Waals surface area (Å²) in [5, 5.41) is 9.17. The van der Waals surface area contributed by atoms with Crippen molar-refractivity contribution < 1.29 is 23.0 Å². The smallest absolute Gasteiger partial charge is 0.493 e. The molecule has 2 N–H and O–H groups in total. The van der Waals surface area contributed by atoms with E-state index in [-0.39, 0.29) is 11.4 Å². The fourth-order valence-electron chi connectivity index (χ4n) is 1.42. The van der Waals surface area contributed by atoms with Gasteiger partial charge < -0.3 is 14.8 Å². The highest BCUT2D eigenvalue weighted by atomic mass is 19.4. The minimum Gasteiger partial charge on any atom is -0.493 e. The summed E-state index contributed by atoms with van der Waals surface area (Å²) in [6.45, 7) is 0. The summed E-state index contributed by atoms with van der Waals surface area (Å²) < 4.78 is 39.9. The molecule has 0 bridgehead atoms. The number of nitrogens with zero attached hydrogens (tertiary/aromatic N) is 1. The monoisotopic (exact) mass is 272 g/mol. The first-order valence-corrected chi connectivity index (χ1v) is 5.00. The van der Waals surface area contributed by atoms with Crippen LogP contribution in [0.25, 0.3) is 11.4 Å². The molecule has 0 aliphatic carbocycles. The molecular formula is C11H7F3N2O3. The Labute approximate surface area is 104 Å². The molecule has 1 heterocycles. The molecule has 2 rings (SSSR count). The van der Waals surface area contributed by atoms with E-state index in [1.165, 1.54) is 12.1 Å². The number of aromatic amines is 1. The van der Waals surface area contributed by atoms with Gasteiger partial charge in [0.25, 0.3) is 5.56 Å². The lowest BCUT2D eigenvalue weighted by atomic mass is 10.2. The minimum absolute atomic E-state index is 0.0578. The Hall–Kier alpha value is -2.51. The number of halogens is 3. The van der Waals surface area contributed by atoms with Gasteiger partial charge in [-0.3, -0.25) is 4.79 Å². The molecule has 1 aromatic carbocycles. The van der Waals surface area contributed by atoms with Crippen molar-refractivity contribution in [2.24, 2.45) is 0 Å². The molecular weight excluding hydrogens is 265 g/mol. The number of benzene rings is 1. The van der Waals surface area contributed by atoms with Crippen LogP contribution in [0.15, 0.2) is 35.1 Å². The van der Waals surface area contributed by atoms with Gasteiger partial charge in [0.2, 0.25) is 5.88 Å². The number of alkyl halides is 3. The fraction of sp³-hybridized carbons (Fsp3) is 0.0909. The third-order valence-electron chi connectivity index (χ3n) is 2.07. The van der Waals surface area contributed by atoms with Crippen LogP contribution in [-0.4, -0.2) is 21.4 Å². The molecule has 1 aromatic heterocycles. The van der Waals surface area contributed by atoms with Crippen LogP contribution in [0, 0.1) is 0 Å². The lowest BCUT2D eigenvalue weighted by molar-refractivity contribution is -0.274. The largest absolute Gasteiger partial charge is 0.573 e. The summed E-state index contributed by atoms with van der Waals surface area (Å²) in [7, 11) is 0. The van der Waals surface area contributed by atoms with Gasteiger partial charge in [0, 0.05) is 5.56 Å². The number of ether oxygens (including phenoxy) is 1. The summed E-state index contributed by atoms with van der Waals surface area (Å²) in [5.41, 5.74) is -0.445. The SMILES string of the molecule is O=c1cc(O)nc(-c2cccc(OC(F)(F)F)c2)[nH]1. The third-order valence-corrected chi connectivity index (χ3v) is 2.07. The normalized spacial score (nSPS) is 11.3. The molecule has 0 unspecified atom stereocenters. The van der Waals surface area contributed by atoms with Crippen molar-refractivity contribution in [2.45, 2.75) is 6.36 Å². The highest BCUT2D eigenvalue weighted by Gasteiger charge is 2.31. The van der Waals surface area contributed by atoms with Gasteiger partial charge >= 0.3 is 6.36 Å². The third kappa shape index (κ3) is 3.47. The van der Waals surface area contributed by atoms with Crippen molar-refractivity contribution in [3.8, 4) is 23.0 Å². The molecule has 0 radical (unpaired) electrons. The number of aromatic nitrogens is 2. The molecule has 0 saturated heterocycles. The van der Waals surface area contributed by atoms with Gasteiger partial charge in [-0.2, -0.15) is 4.98 Å². The summed E-state index contributed by atoms with van der Waals surface area (Å²) in [4.78, 5) is 17.0. The summed E-state index contributed by atoms with van der Waals surface area (Å²) in [6.07, 6.45) is -4.81. The van der Waals surface area contributed by atoms with Gasteiger partial charge in [-0.05, 0) is 12.1 Å². The first-order valence-electron chi connectivity index (χ1n) is 5.00. The van der Waals surface area contributed by atoms with E-state index in [0.29, 0.717) is 0 Å². The van der Waals surface area contributed by atoms with Crippen molar-refractivity contribution in [1.82, 2.24) is 9.97 Å². The Morgan fingerprint density at radius 2 is 2.00 bits per heavy atom. The second kappa shape index (κ2) is 4.63. The molecule has 0 spiro atoms.